The number of likely N-dealkylation sites (N-methyl/N-ethyl adjacent to an activating group) is 1. The van der Waals surface area contributed by atoms with Crippen molar-refractivity contribution in [3.05, 3.63) is 0 Å². The highest BCUT2D eigenvalue weighted by atomic mass is 19.4. The van der Waals surface area contributed by atoms with E-state index in [0.29, 0.717) is 0 Å². The number of carbonyl (C=O) groups is 1. The lowest BCUT2D eigenvalue weighted by atomic mass is 10.5. The lowest BCUT2D eigenvalue weighted by molar-refractivity contribution is -0.162. The maximum absolute atomic E-state index is 11.7. The van der Waals surface area contributed by atoms with Gasteiger partial charge in [0.15, 0.2) is 6.61 Å². The first kappa shape index (κ1) is 14.0. The third-order valence-electron chi connectivity index (χ3n) is 1.56. The van der Waals surface area contributed by atoms with Crippen LogP contribution in [0.1, 0.15) is 6.92 Å². The highest BCUT2D eigenvalue weighted by Crippen LogP contribution is 2.14. The lowest BCUT2D eigenvalue weighted by Crippen LogP contribution is -2.36. The molecule has 0 aromatic heterocycles. The van der Waals surface area contributed by atoms with Gasteiger partial charge in [0.2, 0.25) is 0 Å². The molecule has 0 N–H and O–H groups in total. The molecular weight excluding hydrogens is 215 g/mol. The smallest absolute Gasteiger partial charge is 0.422 e. The number of carbonyl (C=O) groups excluding carboxylic acids is 1. The summed E-state index contributed by atoms with van der Waals surface area (Å²) in [6, 6.07) is 0. The van der Waals surface area contributed by atoms with Crippen LogP contribution >= 0.6 is 0 Å². The lowest BCUT2D eigenvalue weighted by Gasteiger charge is -2.20. The van der Waals surface area contributed by atoms with Gasteiger partial charge in [0, 0.05) is 20.2 Å². The predicted molar refractivity (Wildman–Crippen MR) is 46.5 cm³/mol. The minimum absolute atomic E-state index is 0.212. The van der Waals surface area contributed by atoms with Crippen LogP contribution in [-0.2, 0) is 9.47 Å². The van der Waals surface area contributed by atoms with E-state index in [1.807, 2.05) is 0 Å². The molecule has 0 fully saturated rings. The Labute approximate surface area is 85.9 Å². The number of amides is 1. The van der Waals surface area contributed by atoms with Crippen LogP contribution in [-0.4, -0.2) is 50.6 Å². The number of rotatable bonds is 5. The van der Waals surface area contributed by atoms with Gasteiger partial charge < -0.3 is 14.4 Å². The van der Waals surface area contributed by atoms with Crippen molar-refractivity contribution in [1.29, 1.82) is 0 Å². The Kier molecular flexibility index (Phi) is 6.07. The summed E-state index contributed by atoms with van der Waals surface area (Å²) in [7, 11) is 1.44. The van der Waals surface area contributed by atoms with Gasteiger partial charge in [0.25, 0.3) is 0 Å². The zero-order valence-electron chi connectivity index (χ0n) is 8.63. The van der Waals surface area contributed by atoms with E-state index in [2.05, 4.69) is 4.74 Å². The van der Waals surface area contributed by atoms with Gasteiger partial charge in [0.1, 0.15) is 0 Å². The first-order valence-corrected chi connectivity index (χ1v) is 4.38. The van der Waals surface area contributed by atoms with E-state index in [-0.39, 0.29) is 19.7 Å². The van der Waals surface area contributed by atoms with E-state index in [0.717, 1.165) is 4.90 Å². The number of halogens is 3. The van der Waals surface area contributed by atoms with Crippen molar-refractivity contribution in [2.45, 2.75) is 13.1 Å². The van der Waals surface area contributed by atoms with E-state index in [4.69, 9.17) is 4.74 Å². The van der Waals surface area contributed by atoms with Crippen molar-refractivity contribution >= 4 is 6.09 Å². The molecule has 0 rings (SSSR count). The molecule has 0 spiro atoms. The fourth-order valence-corrected chi connectivity index (χ4v) is 0.815. The Bertz CT molecular complexity index is 196. The third-order valence-corrected chi connectivity index (χ3v) is 1.56. The van der Waals surface area contributed by atoms with Gasteiger partial charge in [-0.05, 0) is 6.92 Å². The summed E-state index contributed by atoms with van der Waals surface area (Å²) >= 11 is 0. The van der Waals surface area contributed by atoms with Gasteiger partial charge in [-0.15, -0.1) is 0 Å². The second-order valence-electron chi connectivity index (χ2n) is 2.74. The number of hydrogen-bond donors (Lipinski definition) is 0. The fraction of sp³-hybridized carbons (Fsp3) is 0.875. The molecule has 0 atom stereocenters. The fourth-order valence-electron chi connectivity index (χ4n) is 0.815. The van der Waals surface area contributed by atoms with Crippen molar-refractivity contribution in [2.75, 3.05) is 33.4 Å². The Morgan fingerprint density at radius 2 is 2.00 bits per heavy atom. The minimum atomic E-state index is -4.49. The van der Waals surface area contributed by atoms with Gasteiger partial charge in [-0.3, -0.25) is 0 Å². The molecule has 15 heavy (non-hydrogen) atoms. The number of alkyl halides is 3. The Hall–Kier alpha value is -0.980. The highest BCUT2D eigenvalue weighted by molar-refractivity contribution is 5.67. The summed E-state index contributed by atoms with van der Waals surface area (Å²) in [5.41, 5.74) is 0. The summed E-state index contributed by atoms with van der Waals surface area (Å²) in [6.07, 6.45) is -5.47. The summed E-state index contributed by atoms with van der Waals surface area (Å²) < 4.78 is 43.9. The SMILES string of the molecule is CCN(CCOC)C(=O)OCC(F)(F)F. The third kappa shape index (κ3) is 7.01. The van der Waals surface area contributed by atoms with Crippen molar-refractivity contribution in [2.24, 2.45) is 0 Å². The van der Waals surface area contributed by atoms with Crippen molar-refractivity contribution < 1.29 is 27.4 Å². The molecule has 0 aliphatic heterocycles. The predicted octanol–water partition coefficient (Wildman–Crippen LogP) is 1.65. The van der Waals surface area contributed by atoms with E-state index in [1.54, 1.807) is 6.92 Å². The van der Waals surface area contributed by atoms with Crippen LogP contribution in [0.2, 0.25) is 0 Å². The maximum atomic E-state index is 11.7. The van der Waals surface area contributed by atoms with E-state index in [9.17, 15) is 18.0 Å². The van der Waals surface area contributed by atoms with Crippen LogP contribution < -0.4 is 0 Å². The summed E-state index contributed by atoms with van der Waals surface area (Å²) in [5.74, 6) is 0. The monoisotopic (exact) mass is 229 g/mol. The first-order valence-electron chi connectivity index (χ1n) is 4.38. The molecule has 0 aliphatic rings. The second kappa shape index (κ2) is 6.49. The van der Waals surface area contributed by atoms with Gasteiger partial charge >= 0.3 is 12.3 Å². The molecule has 0 bridgehead atoms. The molecular formula is C8H14F3NO3. The largest absolute Gasteiger partial charge is 0.440 e. The maximum Gasteiger partial charge on any atom is 0.422 e. The van der Waals surface area contributed by atoms with Crippen LogP contribution in [0, 0.1) is 0 Å². The molecule has 4 nitrogen and oxygen atoms in total. The van der Waals surface area contributed by atoms with Gasteiger partial charge in [-0.2, -0.15) is 13.2 Å². The Balaban J connectivity index is 3.94. The average Bonchev–Trinajstić information content (AvgIpc) is 2.15. The molecule has 0 unspecified atom stereocenters. The zero-order chi connectivity index (χ0) is 11.9. The van der Waals surface area contributed by atoms with E-state index < -0.39 is 18.9 Å². The van der Waals surface area contributed by atoms with Gasteiger partial charge in [-0.25, -0.2) is 4.79 Å². The average molecular weight is 229 g/mol. The highest BCUT2D eigenvalue weighted by Gasteiger charge is 2.30. The summed E-state index contributed by atoms with van der Waals surface area (Å²) in [6.45, 7) is 0.832. The molecule has 0 radical (unpaired) electrons. The van der Waals surface area contributed by atoms with Crippen LogP contribution in [0.25, 0.3) is 0 Å². The molecule has 7 heteroatoms. The molecule has 0 aliphatic carbocycles. The van der Waals surface area contributed by atoms with Crippen molar-refractivity contribution in [3.8, 4) is 0 Å². The van der Waals surface area contributed by atoms with Gasteiger partial charge in [-0.1, -0.05) is 0 Å². The van der Waals surface area contributed by atoms with Crippen molar-refractivity contribution in [1.82, 2.24) is 4.90 Å². The van der Waals surface area contributed by atoms with E-state index in [1.165, 1.54) is 7.11 Å². The summed E-state index contributed by atoms with van der Waals surface area (Å²) in [4.78, 5) is 12.2. The Morgan fingerprint density at radius 3 is 2.40 bits per heavy atom. The second-order valence-corrected chi connectivity index (χ2v) is 2.74. The number of ether oxygens (including phenoxy) is 2. The van der Waals surface area contributed by atoms with Crippen LogP contribution in [0.5, 0.6) is 0 Å². The number of methoxy groups -OCH3 is 1. The van der Waals surface area contributed by atoms with Crippen LogP contribution in [0.15, 0.2) is 0 Å². The van der Waals surface area contributed by atoms with Crippen molar-refractivity contribution in [3.63, 3.8) is 0 Å². The molecule has 0 saturated heterocycles. The molecule has 0 aromatic carbocycles. The van der Waals surface area contributed by atoms with Crippen LogP contribution in [0.3, 0.4) is 0 Å². The molecule has 90 valence electrons. The van der Waals surface area contributed by atoms with Crippen LogP contribution in [0.4, 0.5) is 18.0 Å². The summed E-state index contributed by atoms with van der Waals surface area (Å²) in [5, 5.41) is 0. The normalized spacial score (nSPS) is 11.3. The number of nitrogens with zero attached hydrogens (tertiary/aromatic N) is 1. The standard InChI is InChI=1S/C8H14F3NO3/c1-3-12(4-5-14-2)7(13)15-6-8(9,10)11/h3-6H2,1-2H3. The minimum Gasteiger partial charge on any atom is -0.440 e. The zero-order valence-corrected chi connectivity index (χ0v) is 8.63. The van der Waals surface area contributed by atoms with E-state index >= 15 is 0 Å². The molecule has 0 aromatic rings. The Morgan fingerprint density at radius 1 is 1.40 bits per heavy atom. The molecule has 0 saturated carbocycles. The van der Waals surface area contributed by atoms with Gasteiger partial charge in [0.05, 0.1) is 6.61 Å². The quantitative estimate of drug-likeness (QED) is 0.719. The topological polar surface area (TPSA) is 38.8 Å². The first-order chi connectivity index (χ1) is 6.90. The number of hydrogen-bond acceptors (Lipinski definition) is 3. The molecule has 1 amide bonds. The molecule has 0 heterocycles.